The van der Waals surface area contributed by atoms with Gasteiger partial charge in [-0.25, -0.2) is 0 Å². The summed E-state index contributed by atoms with van der Waals surface area (Å²) in [4.78, 5) is 14.2. The molecule has 3 fully saturated rings. The third-order valence-corrected chi connectivity index (χ3v) is 12.3. The fourth-order valence-electron chi connectivity index (χ4n) is 10.0. The van der Waals surface area contributed by atoms with Crippen molar-refractivity contribution < 1.29 is 9.90 Å². The van der Waals surface area contributed by atoms with Gasteiger partial charge in [0.05, 0.1) is 0 Å². The van der Waals surface area contributed by atoms with Crippen LogP contribution in [-0.4, -0.2) is 17.5 Å². The third kappa shape index (κ3) is 2.71. The minimum atomic E-state index is -0.00804. The molecule has 2 heteroatoms. The summed E-state index contributed by atoms with van der Waals surface area (Å²) in [6, 6.07) is 0. The Kier molecular flexibility index (Phi) is 4.73. The van der Waals surface area contributed by atoms with Gasteiger partial charge in [0.1, 0.15) is 0 Å². The molecule has 5 aliphatic carbocycles. The van der Waals surface area contributed by atoms with E-state index in [-0.39, 0.29) is 45.0 Å². The lowest BCUT2D eigenvalue weighted by Gasteiger charge is -2.69. The van der Waals surface area contributed by atoms with Gasteiger partial charge in [-0.2, -0.15) is 0 Å². The molecule has 0 aliphatic heterocycles. The van der Waals surface area contributed by atoms with Crippen LogP contribution in [0.1, 0.15) is 99.8 Å². The maximum atomic E-state index is 14.2. The predicted octanol–water partition coefficient (Wildman–Crippen LogP) is 7.13. The van der Waals surface area contributed by atoms with Crippen molar-refractivity contribution in [1.82, 2.24) is 0 Å². The number of carbonyl (C=O) groups is 1. The van der Waals surface area contributed by atoms with E-state index in [1.807, 2.05) is 0 Å². The smallest absolute Gasteiger partial charge is 0.159 e. The molecule has 0 aromatic rings. The molecule has 0 aromatic heterocycles. The quantitative estimate of drug-likeness (QED) is 0.442. The van der Waals surface area contributed by atoms with Crippen LogP contribution in [0.3, 0.4) is 0 Å². The van der Waals surface area contributed by atoms with Crippen molar-refractivity contribution in [2.24, 2.45) is 50.2 Å². The Morgan fingerprint density at radius 3 is 2.34 bits per heavy atom. The fraction of sp³-hybridized carbons (Fsp3) is 0.833. The standard InChI is InChI=1S/C30H46O2/c1-25(2)10-8-11-28(5)23(25)9-12-30(7)24(28)22(32)17-20-21-18-26(3,19-31)13-14-27(21,4)15-16-29(20,30)6/h8,10,17,21,23-24,31H,9,11-16,18-19H2,1-7H3/t21-,23-,24+,26-,27+,28-,29+,30+/m0/s1. The van der Waals surface area contributed by atoms with Crippen molar-refractivity contribution in [1.29, 1.82) is 0 Å². The van der Waals surface area contributed by atoms with Crippen LogP contribution in [-0.2, 0) is 4.79 Å². The molecule has 0 heterocycles. The van der Waals surface area contributed by atoms with Gasteiger partial charge in [0.2, 0.25) is 0 Å². The van der Waals surface area contributed by atoms with E-state index in [0.717, 1.165) is 25.7 Å². The van der Waals surface area contributed by atoms with E-state index in [1.54, 1.807) is 0 Å². The zero-order chi connectivity index (χ0) is 23.4. The van der Waals surface area contributed by atoms with Crippen molar-refractivity contribution in [3.05, 3.63) is 23.8 Å². The van der Waals surface area contributed by atoms with Gasteiger partial charge in [-0.3, -0.25) is 4.79 Å². The molecular weight excluding hydrogens is 392 g/mol. The first kappa shape index (κ1) is 22.9. The van der Waals surface area contributed by atoms with Crippen LogP contribution in [0.2, 0.25) is 0 Å². The molecule has 0 bridgehead atoms. The number of fused-ring (bicyclic) bond motifs is 7. The van der Waals surface area contributed by atoms with Crippen LogP contribution >= 0.6 is 0 Å². The Morgan fingerprint density at radius 1 is 0.969 bits per heavy atom. The van der Waals surface area contributed by atoms with Gasteiger partial charge in [0, 0.05) is 12.5 Å². The normalized spacial score (nSPS) is 54.1. The molecule has 32 heavy (non-hydrogen) atoms. The average Bonchev–Trinajstić information content (AvgIpc) is 2.70. The molecule has 8 atom stereocenters. The lowest BCUT2D eigenvalue weighted by atomic mass is 9.34. The highest BCUT2D eigenvalue weighted by Crippen LogP contribution is 2.74. The second-order valence-corrected chi connectivity index (χ2v) is 14.6. The molecule has 0 radical (unpaired) electrons. The van der Waals surface area contributed by atoms with Crippen molar-refractivity contribution >= 4 is 5.78 Å². The zero-order valence-corrected chi connectivity index (χ0v) is 21.7. The summed E-state index contributed by atoms with van der Waals surface area (Å²) in [5, 5.41) is 10.2. The molecule has 0 saturated heterocycles. The number of hydrogen-bond donors (Lipinski definition) is 1. The first-order valence-corrected chi connectivity index (χ1v) is 13.3. The highest BCUT2D eigenvalue weighted by Gasteiger charge is 2.68. The fourth-order valence-corrected chi connectivity index (χ4v) is 10.0. The Labute approximate surface area is 196 Å². The van der Waals surface area contributed by atoms with E-state index in [2.05, 4.69) is 66.7 Å². The second-order valence-electron chi connectivity index (χ2n) is 14.6. The largest absolute Gasteiger partial charge is 0.396 e. The van der Waals surface area contributed by atoms with E-state index in [4.69, 9.17) is 0 Å². The summed E-state index contributed by atoms with van der Waals surface area (Å²) >= 11 is 0. The molecule has 1 N–H and O–H groups in total. The molecule has 0 aromatic carbocycles. The van der Waals surface area contributed by atoms with Gasteiger partial charge in [0.15, 0.2) is 5.78 Å². The predicted molar refractivity (Wildman–Crippen MR) is 131 cm³/mol. The van der Waals surface area contributed by atoms with Crippen LogP contribution in [0.15, 0.2) is 23.8 Å². The number of ketones is 1. The number of aliphatic hydroxyl groups is 1. The first-order chi connectivity index (χ1) is 14.7. The van der Waals surface area contributed by atoms with Crippen molar-refractivity contribution in [2.75, 3.05) is 6.61 Å². The highest BCUT2D eigenvalue weighted by molar-refractivity contribution is 5.95. The molecular formula is C30H46O2. The lowest BCUT2D eigenvalue weighted by molar-refractivity contribution is -0.173. The van der Waals surface area contributed by atoms with Crippen LogP contribution < -0.4 is 0 Å². The molecule has 3 saturated carbocycles. The van der Waals surface area contributed by atoms with Crippen LogP contribution in [0.4, 0.5) is 0 Å². The molecule has 5 rings (SSSR count). The number of aliphatic hydroxyl groups excluding tert-OH is 1. The maximum Gasteiger partial charge on any atom is 0.159 e. The van der Waals surface area contributed by atoms with Crippen LogP contribution in [0.5, 0.6) is 0 Å². The van der Waals surface area contributed by atoms with E-state index >= 15 is 0 Å². The van der Waals surface area contributed by atoms with Gasteiger partial charge in [-0.1, -0.05) is 66.2 Å². The minimum Gasteiger partial charge on any atom is -0.396 e. The summed E-state index contributed by atoms with van der Waals surface area (Å²) in [5.74, 6) is 1.53. The molecule has 178 valence electrons. The molecule has 2 nitrogen and oxygen atoms in total. The highest BCUT2D eigenvalue weighted by atomic mass is 16.3. The summed E-state index contributed by atoms with van der Waals surface area (Å²) < 4.78 is 0. The Bertz CT molecular complexity index is 897. The SMILES string of the molecule is CC1(C)C=CC[C@]2(C)[C@H]3C(=O)C=C4[C@@H]5C[C@@](C)(CO)CC[C@]5(C)CC[C@@]4(C)[C@]3(C)CC[C@@H]12. The van der Waals surface area contributed by atoms with Crippen molar-refractivity contribution in [2.45, 2.75) is 99.8 Å². The van der Waals surface area contributed by atoms with Gasteiger partial charge >= 0.3 is 0 Å². The van der Waals surface area contributed by atoms with E-state index in [1.165, 1.54) is 31.3 Å². The molecule has 0 amide bonds. The summed E-state index contributed by atoms with van der Waals surface area (Å²) in [7, 11) is 0. The lowest BCUT2D eigenvalue weighted by Crippen LogP contribution is -2.64. The number of allylic oxidation sites excluding steroid dienone is 4. The monoisotopic (exact) mass is 438 g/mol. The molecule has 0 unspecified atom stereocenters. The second kappa shape index (κ2) is 6.61. The summed E-state index contributed by atoms with van der Waals surface area (Å²) in [5.41, 5.74) is 2.04. The Balaban J connectivity index is 1.63. The van der Waals surface area contributed by atoms with E-state index in [9.17, 15) is 9.90 Å². The van der Waals surface area contributed by atoms with E-state index in [0.29, 0.717) is 17.6 Å². The topological polar surface area (TPSA) is 37.3 Å². The van der Waals surface area contributed by atoms with Gasteiger partial charge in [-0.15, -0.1) is 0 Å². The van der Waals surface area contributed by atoms with Crippen molar-refractivity contribution in [3.8, 4) is 0 Å². The van der Waals surface area contributed by atoms with Crippen LogP contribution in [0, 0.1) is 50.2 Å². The van der Waals surface area contributed by atoms with Crippen molar-refractivity contribution in [3.63, 3.8) is 0 Å². The zero-order valence-electron chi connectivity index (χ0n) is 21.7. The third-order valence-electron chi connectivity index (χ3n) is 12.3. The van der Waals surface area contributed by atoms with Gasteiger partial charge in [-0.05, 0) is 102 Å². The van der Waals surface area contributed by atoms with E-state index < -0.39 is 0 Å². The number of rotatable bonds is 1. The van der Waals surface area contributed by atoms with Gasteiger partial charge in [0.25, 0.3) is 0 Å². The number of carbonyl (C=O) groups excluding carboxylic acids is 1. The summed E-state index contributed by atoms with van der Waals surface area (Å²) in [6.07, 6.45) is 16.2. The Morgan fingerprint density at radius 2 is 1.66 bits per heavy atom. The first-order valence-electron chi connectivity index (χ1n) is 13.3. The maximum absolute atomic E-state index is 14.2. The average molecular weight is 439 g/mol. The minimum absolute atomic E-state index is 0.00804. The molecule has 0 spiro atoms. The number of hydrogen-bond acceptors (Lipinski definition) is 2. The van der Waals surface area contributed by atoms with Crippen LogP contribution in [0.25, 0.3) is 0 Å². The van der Waals surface area contributed by atoms with Gasteiger partial charge < -0.3 is 5.11 Å². The summed E-state index contributed by atoms with van der Waals surface area (Å²) in [6.45, 7) is 17.2. The molecule has 5 aliphatic rings. The Hall–Kier alpha value is -0.890.